The highest BCUT2D eigenvalue weighted by Crippen LogP contribution is 2.35. The van der Waals surface area contributed by atoms with Crippen LogP contribution >= 0.6 is 23.1 Å². The molecule has 2 aromatic carbocycles. The van der Waals surface area contributed by atoms with Crippen molar-refractivity contribution in [2.75, 3.05) is 12.4 Å². The fourth-order valence-corrected chi connectivity index (χ4v) is 5.07. The number of hydrogen-bond donors (Lipinski definition) is 3. The van der Waals surface area contributed by atoms with E-state index in [1.807, 2.05) is 53.3 Å². The number of benzene rings is 2. The first-order chi connectivity index (χ1) is 16.5. The third-order valence-electron chi connectivity index (χ3n) is 5.14. The minimum atomic E-state index is -0.477. The molecule has 0 aliphatic heterocycles. The topological polar surface area (TPSA) is 118 Å². The molecule has 9 nitrogen and oxygen atoms in total. The van der Waals surface area contributed by atoms with Crippen molar-refractivity contribution in [2.24, 2.45) is 0 Å². The number of nitrogens with zero attached hydrogens (tertiary/aromatic N) is 3. The van der Waals surface area contributed by atoms with E-state index in [4.69, 9.17) is 4.74 Å². The summed E-state index contributed by atoms with van der Waals surface area (Å²) in [7, 11) is 1.62. The second-order valence-electron chi connectivity index (χ2n) is 7.38. The SMILES string of the molecule is COc1ccccc1-n1c(SC(C)C(=O)Nc2ccc3[nH]c(=O)[nH]c3c2)nnc1-c1cccs1. The minimum absolute atomic E-state index is 0.200. The number of thioether (sulfide) groups is 1. The zero-order valence-corrected chi connectivity index (χ0v) is 19.9. The minimum Gasteiger partial charge on any atom is -0.495 e. The van der Waals surface area contributed by atoms with Gasteiger partial charge in [0.15, 0.2) is 11.0 Å². The van der Waals surface area contributed by atoms with Gasteiger partial charge in [-0.3, -0.25) is 9.36 Å². The Morgan fingerprint density at radius 1 is 1.12 bits per heavy atom. The maximum Gasteiger partial charge on any atom is 0.323 e. The van der Waals surface area contributed by atoms with E-state index in [0.717, 1.165) is 10.6 Å². The second kappa shape index (κ2) is 9.20. The molecule has 0 saturated carbocycles. The molecule has 34 heavy (non-hydrogen) atoms. The van der Waals surface area contributed by atoms with Crippen molar-refractivity contribution >= 4 is 45.7 Å². The maximum absolute atomic E-state index is 13.0. The van der Waals surface area contributed by atoms with Crippen LogP contribution in [-0.4, -0.2) is 43.0 Å². The van der Waals surface area contributed by atoms with Crippen molar-refractivity contribution in [1.29, 1.82) is 0 Å². The van der Waals surface area contributed by atoms with Gasteiger partial charge in [0.05, 0.1) is 34.0 Å². The normalized spacial score (nSPS) is 12.1. The van der Waals surface area contributed by atoms with E-state index in [1.165, 1.54) is 11.8 Å². The van der Waals surface area contributed by atoms with E-state index in [2.05, 4.69) is 25.5 Å². The molecule has 3 aromatic heterocycles. The van der Waals surface area contributed by atoms with E-state index in [0.29, 0.717) is 33.5 Å². The van der Waals surface area contributed by atoms with Crippen LogP contribution in [0.25, 0.3) is 27.4 Å². The van der Waals surface area contributed by atoms with E-state index >= 15 is 0 Å². The van der Waals surface area contributed by atoms with Crippen molar-refractivity contribution in [3.8, 4) is 22.1 Å². The summed E-state index contributed by atoms with van der Waals surface area (Å²) in [6.45, 7) is 1.81. The molecule has 0 radical (unpaired) electrons. The molecule has 1 unspecified atom stereocenters. The molecule has 0 aliphatic rings. The lowest BCUT2D eigenvalue weighted by molar-refractivity contribution is -0.115. The maximum atomic E-state index is 13.0. The van der Waals surface area contributed by atoms with Gasteiger partial charge in [0, 0.05) is 5.69 Å². The van der Waals surface area contributed by atoms with Gasteiger partial charge in [0.2, 0.25) is 5.91 Å². The van der Waals surface area contributed by atoms with E-state index in [-0.39, 0.29) is 11.6 Å². The molecule has 5 aromatic rings. The van der Waals surface area contributed by atoms with Gasteiger partial charge >= 0.3 is 5.69 Å². The molecule has 0 bridgehead atoms. The molecular formula is C23H20N6O3S2. The first kappa shape index (κ1) is 22.0. The number of hydrogen-bond acceptors (Lipinski definition) is 7. The summed E-state index contributed by atoms with van der Waals surface area (Å²) >= 11 is 2.86. The third kappa shape index (κ3) is 4.22. The number of carbonyl (C=O) groups is 1. The summed E-state index contributed by atoms with van der Waals surface area (Å²) in [5, 5.41) is 13.8. The van der Waals surface area contributed by atoms with Gasteiger partial charge in [-0.25, -0.2) is 4.79 Å². The molecule has 3 heterocycles. The molecule has 0 spiro atoms. The Morgan fingerprint density at radius 3 is 2.74 bits per heavy atom. The monoisotopic (exact) mass is 492 g/mol. The number of aromatic amines is 2. The average Bonchev–Trinajstić information content (AvgIpc) is 3.57. The van der Waals surface area contributed by atoms with E-state index in [1.54, 1.807) is 36.6 Å². The number of H-pyrrole nitrogens is 2. The van der Waals surface area contributed by atoms with E-state index < -0.39 is 5.25 Å². The van der Waals surface area contributed by atoms with Crippen molar-refractivity contribution in [2.45, 2.75) is 17.3 Å². The number of aromatic nitrogens is 5. The van der Waals surface area contributed by atoms with Crippen molar-refractivity contribution in [1.82, 2.24) is 24.7 Å². The largest absolute Gasteiger partial charge is 0.495 e. The molecule has 1 amide bonds. The summed E-state index contributed by atoms with van der Waals surface area (Å²) in [4.78, 5) is 30.8. The number of fused-ring (bicyclic) bond motifs is 1. The molecule has 11 heteroatoms. The summed E-state index contributed by atoms with van der Waals surface area (Å²) in [5.74, 6) is 1.15. The summed E-state index contributed by atoms with van der Waals surface area (Å²) in [5.41, 5.74) is 2.39. The number of nitrogens with one attached hydrogen (secondary N) is 3. The number of imidazole rings is 1. The molecule has 1 atom stereocenters. The van der Waals surface area contributed by atoms with Crippen molar-refractivity contribution in [3.05, 3.63) is 70.5 Å². The highest BCUT2D eigenvalue weighted by atomic mass is 32.2. The number of anilines is 1. The quantitative estimate of drug-likeness (QED) is 0.292. The lowest BCUT2D eigenvalue weighted by atomic mass is 10.2. The van der Waals surface area contributed by atoms with Crippen molar-refractivity contribution < 1.29 is 9.53 Å². The number of ether oxygens (including phenoxy) is 1. The Balaban J connectivity index is 1.44. The van der Waals surface area contributed by atoms with Crippen LogP contribution in [0, 0.1) is 0 Å². The molecule has 0 aliphatic carbocycles. The molecule has 0 fully saturated rings. The first-order valence-corrected chi connectivity index (χ1v) is 12.1. The van der Waals surface area contributed by atoms with Crippen molar-refractivity contribution in [3.63, 3.8) is 0 Å². The van der Waals surface area contributed by atoms with Crippen LogP contribution in [-0.2, 0) is 4.79 Å². The zero-order valence-electron chi connectivity index (χ0n) is 18.2. The number of carbonyl (C=O) groups excluding carboxylic acids is 1. The Morgan fingerprint density at radius 2 is 1.94 bits per heavy atom. The standard InChI is InChI=1S/C23H20N6O3S2/c1-13(21(30)24-14-9-10-15-16(12-14)26-22(31)25-15)34-23-28-27-20(19-8-5-11-33-19)29(23)17-6-3-4-7-18(17)32-2/h3-13H,1-2H3,(H,24,30)(H2,25,26,31). The fraction of sp³-hybridized carbons (Fsp3) is 0.130. The average molecular weight is 493 g/mol. The van der Waals surface area contributed by atoms with Gasteiger partial charge in [-0.05, 0) is 48.7 Å². The number of methoxy groups -OCH3 is 1. The molecule has 3 N–H and O–H groups in total. The second-order valence-corrected chi connectivity index (χ2v) is 9.64. The van der Waals surface area contributed by atoms with Gasteiger partial charge in [0.25, 0.3) is 0 Å². The Bertz CT molecular complexity index is 1520. The van der Waals surface area contributed by atoms with Crippen LogP contribution in [0.2, 0.25) is 0 Å². The molecule has 172 valence electrons. The van der Waals surface area contributed by atoms with E-state index in [9.17, 15) is 9.59 Å². The highest BCUT2D eigenvalue weighted by molar-refractivity contribution is 8.00. The van der Waals surface area contributed by atoms with Gasteiger partial charge < -0.3 is 20.0 Å². The number of rotatable bonds is 7. The Kier molecular flexibility index (Phi) is 5.95. The first-order valence-electron chi connectivity index (χ1n) is 10.4. The van der Waals surface area contributed by atoms with Crippen LogP contribution < -0.4 is 15.7 Å². The van der Waals surface area contributed by atoms with Crippen LogP contribution in [0.4, 0.5) is 5.69 Å². The van der Waals surface area contributed by atoms with Gasteiger partial charge in [-0.2, -0.15) is 0 Å². The molecule has 0 saturated heterocycles. The molecule has 5 rings (SSSR count). The number of amides is 1. The highest BCUT2D eigenvalue weighted by Gasteiger charge is 2.24. The molecular weight excluding hydrogens is 472 g/mol. The predicted octanol–water partition coefficient (Wildman–Crippen LogP) is 4.29. The number of thiophene rings is 1. The van der Waals surface area contributed by atoms with Gasteiger partial charge in [-0.1, -0.05) is 30.0 Å². The number of para-hydroxylation sites is 2. The summed E-state index contributed by atoms with van der Waals surface area (Å²) in [6.07, 6.45) is 0. The summed E-state index contributed by atoms with van der Waals surface area (Å²) < 4.78 is 7.49. The lowest BCUT2D eigenvalue weighted by Crippen LogP contribution is -2.22. The van der Waals surface area contributed by atoms with Gasteiger partial charge in [0.1, 0.15) is 5.75 Å². The third-order valence-corrected chi connectivity index (χ3v) is 7.04. The summed E-state index contributed by atoms with van der Waals surface area (Å²) in [6, 6.07) is 16.8. The predicted molar refractivity (Wildman–Crippen MR) is 134 cm³/mol. The zero-order chi connectivity index (χ0) is 23.7. The van der Waals surface area contributed by atoms with Gasteiger partial charge in [-0.15, -0.1) is 21.5 Å². The van der Waals surface area contributed by atoms with Crippen LogP contribution in [0.15, 0.2) is 69.9 Å². The fourth-order valence-electron chi connectivity index (χ4n) is 3.51. The van der Waals surface area contributed by atoms with Crippen LogP contribution in [0.3, 0.4) is 0 Å². The Labute approximate surface area is 202 Å². The lowest BCUT2D eigenvalue weighted by Gasteiger charge is -2.15. The van der Waals surface area contributed by atoms with Crippen LogP contribution in [0.1, 0.15) is 6.92 Å². The smallest absolute Gasteiger partial charge is 0.323 e. The van der Waals surface area contributed by atoms with Crippen LogP contribution in [0.5, 0.6) is 5.75 Å². The Hall–Kier alpha value is -3.83.